The van der Waals surface area contributed by atoms with Crippen LogP contribution in [0.15, 0.2) is 10.7 Å². The molecule has 0 aromatic carbocycles. The second kappa shape index (κ2) is 3.30. The monoisotopic (exact) mass is 172 g/mol. The molecule has 0 aromatic heterocycles. The average Bonchev–Trinajstić information content (AvgIpc) is 2.28. The van der Waals surface area contributed by atoms with Gasteiger partial charge in [-0.05, 0) is 13.3 Å². The molecule has 0 aromatic rings. The van der Waals surface area contributed by atoms with Gasteiger partial charge in [0.05, 0.1) is 12.4 Å². The summed E-state index contributed by atoms with van der Waals surface area (Å²) < 4.78 is 5.01. The minimum absolute atomic E-state index is 0.0555. The average molecular weight is 172 g/mol. The molecule has 0 saturated heterocycles. The van der Waals surface area contributed by atoms with Crippen LogP contribution in [0.3, 0.4) is 0 Å². The van der Waals surface area contributed by atoms with E-state index in [4.69, 9.17) is 4.74 Å². The Morgan fingerprint density at radius 3 is 2.64 bits per heavy atom. The molecule has 62 valence electrons. The maximum Gasteiger partial charge on any atom is 0.211 e. The van der Waals surface area contributed by atoms with E-state index in [-0.39, 0.29) is 11.0 Å². The van der Waals surface area contributed by atoms with Gasteiger partial charge < -0.3 is 4.74 Å². The molecular weight excluding hydrogens is 160 g/mol. The Labute approximate surface area is 71.0 Å². The number of methoxy groups -OCH3 is 1. The highest BCUT2D eigenvalue weighted by Crippen LogP contribution is 2.36. The smallest absolute Gasteiger partial charge is 0.211 e. The molecule has 1 heterocycles. The lowest BCUT2D eigenvalue weighted by Crippen LogP contribution is -2.10. The fourth-order valence-electron chi connectivity index (χ4n) is 1.10. The van der Waals surface area contributed by atoms with Gasteiger partial charge in [0.2, 0.25) is 5.78 Å². The number of Topliss-reactive ketones (excluding diaryl/α,β-unsaturated/α-hetero) is 1. The van der Waals surface area contributed by atoms with Gasteiger partial charge in [-0.25, -0.2) is 0 Å². The molecule has 0 amide bonds. The number of carbonyl (C=O) groups excluding carboxylic acids is 1. The van der Waals surface area contributed by atoms with E-state index < -0.39 is 0 Å². The minimum atomic E-state index is 0.0555. The molecule has 0 spiro atoms. The van der Waals surface area contributed by atoms with E-state index in [0.29, 0.717) is 5.76 Å². The van der Waals surface area contributed by atoms with Gasteiger partial charge in [-0.1, -0.05) is 6.92 Å². The first-order valence-electron chi connectivity index (χ1n) is 3.68. The molecule has 0 bridgehead atoms. The van der Waals surface area contributed by atoms with Crippen molar-refractivity contribution in [3.63, 3.8) is 0 Å². The Kier molecular flexibility index (Phi) is 2.60. The molecule has 0 N–H and O–H groups in total. The van der Waals surface area contributed by atoms with Gasteiger partial charge in [0.1, 0.15) is 0 Å². The van der Waals surface area contributed by atoms with Gasteiger partial charge in [0.25, 0.3) is 0 Å². The summed E-state index contributed by atoms with van der Waals surface area (Å²) in [6, 6.07) is 0. The van der Waals surface area contributed by atoms with Crippen LogP contribution >= 0.6 is 11.8 Å². The summed E-state index contributed by atoms with van der Waals surface area (Å²) in [7, 11) is 1.56. The Hall–Kier alpha value is -0.440. The summed E-state index contributed by atoms with van der Waals surface area (Å²) in [5.74, 6) is 0.708. The molecule has 1 aliphatic heterocycles. The number of thioether (sulfide) groups is 1. The zero-order chi connectivity index (χ0) is 8.43. The van der Waals surface area contributed by atoms with Crippen molar-refractivity contribution in [1.29, 1.82) is 0 Å². The van der Waals surface area contributed by atoms with Crippen LogP contribution in [0.1, 0.15) is 20.3 Å². The van der Waals surface area contributed by atoms with Crippen molar-refractivity contribution in [2.75, 3.05) is 7.11 Å². The molecule has 2 nitrogen and oxygen atoms in total. The number of rotatable bonds is 2. The highest BCUT2D eigenvalue weighted by molar-refractivity contribution is 8.04. The predicted octanol–water partition coefficient (Wildman–Crippen LogP) is 1.96. The quantitative estimate of drug-likeness (QED) is 0.637. The van der Waals surface area contributed by atoms with Crippen LogP contribution in [0.4, 0.5) is 0 Å². The zero-order valence-electron chi connectivity index (χ0n) is 7.01. The summed E-state index contributed by atoms with van der Waals surface area (Å²) in [5, 5.41) is 0.0555. The van der Waals surface area contributed by atoms with E-state index in [1.54, 1.807) is 18.9 Å². The lowest BCUT2D eigenvalue weighted by atomic mass is 10.2. The molecule has 0 aliphatic carbocycles. The molecule has 11 heavy (non-hydrogen) atoms. The topological polar surface area (TPSA) is 26.3 Å². The van der Waals surface area contributed by atoms with Gasteiger partial charge in [-0.2, -0.15) is 0 Å². The van der Waals surface area contributed by atoms with Crippen LogP contribution in [0.2, 0.25) is 0 Å². The maximum atomic E-state index is 11.3. The highest BCUT2D eigenvalue weighted by atomic mass is 32.2. The number of hydrogen-bond acceptors (Lipinski definition) is 3. The standard InChI is InChI=1S/C8H12O2S/c1-4-6-8(10-3)7(9)5(2)11-6/h5H,4H2,1-3H3. The number of carbonyl (C=O) groups is 1. The summed E-state index contributed by atoms with van der Waals surface area (Å²) in [6.45, 7) is 3.95. The van der Waals surface area contributed by atoms with E-state index in [0.717, 1.165) is 11.3 Å². The van der Waals surface area contributed by atoms with Gasteiger partial charge >= 0.3 is 0 Å². The Bertz CT molecular complexity index is 208. The first-order valence-corrected chi connectivity index (χ1v) is 4.56. The SMILES string of the molecule is CCC1=C(OC)C(=O)C(C)S1. The van der Waals surface area contributed by atoms with Crippen molar-refractivity contribution in [3.8, 4) is 0 Å². The van der Waals surface area contributed by atoms with Gasteiger partial charge in [0.15, 0.2) is 5.76 Å². The molecule has 1 unspecified atom stereocenters. The summed E-state index contributed by atoms with van der Waals surface area (Å²) >= 11 is 1.61. The van der Waals surface area contributed by atoms with Gasteiger partial charge in [0, 0.05) is 4.91 Å². The van der Waals surface area contributed by atoms with E-state index >= 15 is 0 Å². The molecular formula is C8H12O2S. The Morgan fingerprint density at radius 2 is 2.27 bits per heavy atom. The first-order chi connectivity index (χ1) is 5.20. The second-order valence-corrected chi connectivity index (χ2v) is 3.87. The van der Waals surface area contributed by atoms with E-state index in [1.165, 1.54) is 0 Å². The summed E-state index contributed by atoms with van der Waals surface area (Å²) in [6.07, 6.45) is 0.893. The Balaban J connectivity index is 2.86. The number of ether oxygens (including phenoxy) is 1. The number of ketones is 1. The van der Waals surface area contributed by atoms with Crippen LogP contribution < -0.4 is 0 Å². The molecule has 0 saturated carbocycles. The van der Waals surface area contributed by atoms with E-state index in [9.17, 15) is 4.79 Å². The minimum Gasteiger partial charge on any atom is -0.492 e. The van der Waals surface area contributed by atoms with Gasteiger partial charge in [-0.15, -0.1) is 11.8 Å². The highest BCUT2D eigenvalue weighted by Gasteiger charge is 2.30. The molecule has 1 aliphatic rings. The lowest BCUT2D eigenvalue weighted by Gasteiger charge is -1.99. The van der Waals surface area contributed by atoms with Crippen LogP contribution in [0, 0.1) is 0 Å². The number of allylic oxidation sites excluding steroid dienone is 2. The Morgan fingerprint density at radius 1 is 1.64 bits per heavy atom. The van der Waals surface area contributed by atoms with Crippen molar-refractivity contribution in [2.24, 2.45) is 0 Å². The van der Waals surface area contributed by atoms with Crippen LogP contribution in [0.5, 0.6) is 0 Å². The second-order valence-electron chi connectivity index (χ2n) is 2.43. The predicted molar refractivity (Wildman–Crippen MR) is 46.4 cm³/mol. The van der Waals surface area contributed by atoms with Crippen molar-refractivity contribution in [3.05, 3.63) is 10.7 Å². The summed E-state index contributed by atoms with van der Waals surface area (Å²) in [4.78, 5) is 12.4. The third-order valence-electron chi connectivity index (χ3n) is 1.69. The van der Waals surface area contributed by atoms with Crippen LogP contribution in [0.25, 0.3) is 0 Å². The zero-order valence-corrected chi connectivity index (χ0v) is 7.83. The molecule has 3 heteroatoms. The fraction of sp³-hybridized carbons (Fsp3) is 0.625. The number of hydrogen-bond donors (Lipinski definition) is 0. The first kappa shape index (κ1) is 8.65. The molecule has 0 radical (unpaired) electrons. The fourth-order valence-corrected chi connectivity index (χ4v) is 2.20. The molecule has 1 rings (SSSR count). The van der Waals surface area contributed by atoms with Gasteiger partial charge in [-0.3, -0.25) is 4.79 Å². The lowest BCUT2D eigenvalue weighted by molar-refractivity contribution is -0.117. The largest absolute Gasteiger partial charge is 0.492 e. The summed E-state index contributed by atoms with van der Waals surface area (Å²) in [5.41, 5.74) is 0. The van der Waals surface area contributed by atoms with Crippen molar-refractivity contribution < 1.29 is 9.53 Å². The van der Waals surface area contributed by atoms with Crippen molar-refractivity contribution in [2.45, 2.75) is 25.5 Å². The van der Waals surface area contributed by atoms with E-state index in [2.05, 4.69) is 0 Å². The molecule has 1 atom stereocenters. The van der Waals surface area contributed by atoms with E-state index in [1.807, 2.05) is 13.8 Å². The normalized spacial score (nSPS) is 24.6. The third kappa shape index (κ3) is 1.43. The van der Waals surface area contributed by atoms with Crippen LogP contribution in [-0.2, 0) is 9.53 Å². The third-order valence-corrected chi connectivity index (χ3v) is 3.02. The maximum absolute atomic E-state index is 11.3. The van der Waals surface area contributed by atoms with Crippen molar-refractivity contribution in [1.82, 2.24) is 0 Å². The van der Waals surface area contributed by atoms with Crippen LogP contribution in [-0.4, -0.2) is 18.1 Å². The van der Waals surface area contributed by atoms with Crippen molar-refractivity contribution >= 4 is 17.5 Å². The molecule has 0 fully saturated rings.